The molecule has 0 aromatic carbocycles. The Morgan fingerprint density at radius 1 is 1.45 bits per heavy atom. The van der Waals surface area contributed by atoms with Crippen LogP contribution in [0.4, 0.5) is 10.2 Å². The van der Waals surface area contributed by atoms with E-state index >= 15 is 0 Å². The van der Waals surface area contributed by atoms with Gasteiger partial charge in [0.2, 0.25) is 12.0 Å². The third-order valence-electron chi connectivity index (χ3n) is 3.60. The number of hydrogen-bond donors (Lipinski definition) is 3. The SMILES string of the molecule is CC1=Cc2c(n[nH]c2C2N=C(N)C(F)=C[N+]2(C)C)NC1. The van der Waals surface area contributed by atoms with E-state index < -0.39 is 5.83 Å². The molecule has 106 valence electrons. The minimum Gasteiger partial charge on any atom is -0.381 e. The van der Waals surface area contributed by atoms with Crippen LogP contribution in [0.2, 0.25) is 0 Å². The maximum Gasteiger partial charge on any atom is 0.232 e. The average molecular weight is 277 g/mol. The van der Waals surface area contributed by atoms with E-state index in [0.717, 1.165) is 23.6 Å². The largest absolute Gasteiger partial charge is 0.381 e. The number of aromatic nitrogens is 2. The first-order chi connectivity index (χ1) is 9.38. The smallest absolute Gasteiger partial charge is 0.232 e. The van der Waals surface area contributed by atoms with E-state index in [1.165, 1.54) is 11.8 Å². The predicted molar refractivity (Wildman–Crippen MR) is 76.4 cm³/mol. The lowest BCUT2D eigenvalue weighted by Crippen LogP contribution is -2.42. The van der Waals surface area contributed by atoms with Gasteiger partial charge in [-0.15, -0.1) is 0 Å². The van der Waals surface area contributed by atoms with Crippen molar-refractivity contribution in [1.82, 2.24) is 10.2 Å². The zero-order chi connectivity index (χ0) is 14.5. The van der Waals surface area contributed by atoms with Gasteiger partial charge in [0, 0.05) is 12.1 Å². The highest BCUT2D eigenvalue weighted by atomic mass is 19.1. The minimum absolute atomic E-state index is 0.0692. The molecule has 3 heterocycles. The lowest BCUT2D eigenvalue weighted by Gasteiger charge is -2.34. The van der Waals surface area contributed by atoms with Gasteiger partial charge in [0.05, 0.1) is 14.1 Å². The van der Waals surface area contributed by atoms with Crippen molar-refractivity contribution in [1.29, 1.82) is 0 Å². The fourth-order valence-corrected chi connectivity index (χ4v) is 2.53. The molecule has 1 aromatic heterocycles. The van der Waals surface area contributed by atoms with Crippen LogP contribution in [0.25, 0.3) is 6.08 Å². The van der Waals surface area contributed by atoms with Gasteiger partial charge in [-0.1, -0.05) is 5.57 Å². The number of nitrogens with two attached hydrogens (primary N) is 1. The molecule has 4 N–H and O–H groups in total. The molecular weight excluding hydrogens is 259 g/mol. The highest BCUT2D eigenvalue weighted by Crippen LogP contribution is 2.36. The molecule has 0 fully saturated rings. The number of anilines is 1. The Morgan fingerprint density at radius 3 is 2.95 bits per heavy atom. The second-order valence-corrected chi connectivity index (χ2v) is 5.74. The highest BCUT2D eigenvalue weighted by Gasteiger charge is 2.37. The van der Waals surface area contributed by atoms with Crippen molar-refractivity contribution in [2.45, 2.75) is 13.1 Å². The molecule has 1 aromatic rings. The summed E-state index contributed by atoms with van der Waals surface area (Å²) in [6.07, 6.45) is 3.20. The quantitative estimate of drug-likeness (QED) is 0.681. The number of amidine groups is 1. The summed E-state index contributed by atoms with van der Waals surface area (Å²) in [5.41, 5.74) is 8.64. The van der Waals surface area contributed by atoms with Crippen molar-refractivity contribution < 1.29 is 8.87 Å². The van der Waals surface area contributed by atoms with E-state index in [9.17, 15) is 4.39 Å². The fourth-order valence-electron chi connectivity index (χ4n) is 2.53. The zero-order valence-electron chi connectivity index (χ0n) is 11.7. The van der Waals surface area contributed by atoms with Gasteiger partial charge in [-0.3, -0.25) is 9.58 Å². The number of H-pyrrole nitrogens is 1. The summed E-state index contributed by atoms with van der Waals surface area (Å²) in [4.78, 5) is 4.29. The van der Waals surface area contributed by atoms with Crippen LogP contribution in [0.1, 0.15) is 24.3 Å². The third-order valence-corrected chi connectivity index (χ3v) is 3.60. The van der Waals surface area contributed by atoms with Gasteiger partial charge in [-0.05, 0) is 13.0 Å². The topological polar surface area (TPSA) is 79.1 Å². The number of hydrogen-bond acceptors (Lipinski definition) is 4. The Balaban J connectivity index is 2.09. The van der Waals surface area contributed by atoms with Crippen LogP contribution in [0, 0.1) is 0 Å². The molecule has 1 atom stereocenters. The van der Waals surface area contributed by atoms with E-state index in [1.807, 2.05) is 21.0 Å². The van der Waals surface area contributed by atoms with Crippen LogP contribution in [-0.4, -0.2) is 41.2 Å². The van der Waals surface area contributed by atoms with Crippen molar-refractivity contribution in [3.05, 3.63) is 28.9 Å². The van der Waals surface area contributed by atoms with Gasteiger partial charge in [0.1, 0.15) is 11.9 Å². The monoisotopic (exact) mass is 277 g/mol. The summed E-state index contributed by atoms with van der Waals surface area (Å²) < 4.78 is 13.9. The number of aliphatic imine (C=N–C) groups is 1. The molecule has 6 nitrogen and oxygen atoms in total. The number of fused-ring (bicyclic) bond motifs is 1. The maximum absolute atomic E-state index is 13.6. The molecule has 0 bridgehead atoms. The van der Waals surface area contributed by atoms with Crippen LogP contribution >= 0.6 is 0 Å². The standard InChI is InChI=1S/C13H18FN6/c1-7-4-8-10(18-19-12(8)16-5-7)13-17-11(15)9(14)6-20(13,2)3/h4,6,13H,5H2,1-3H3,(H2,15,17)(H2,16,18,19)/q+1. The number of aromatic amines is 1. The van der Waals surface area contributed by atoms with Crippen LogP contribution < -0.4 is 11.1 Å². The lowest BCUT2D eigenvalue weighted by molar-refractivity contribution is -0.872. The van der Waals surface area contributed by atoms with Crippen molar-refractivity contribution in [2.75, 3.05) is 26.0 Å². The molecule has 7 heteroatoms. The first kappa shape index (κ1) is 12.9. The lowest BCUT2D eigenvalue weighted by atomic mass is 10.1. The van der Waals surface area contributed by atoms with Crippen molar-refractivity contribution in [3.8, 4) is 0 Å². The highest BCUT2D eigenvalue weighted by molar-refractivity contribution is 5.95. The van der Waals surface area contributed by atoms with Crippen molar-refractivity contribution in [2.24, 2.45) is 10.7 Å². The van der Waals surface area contributed by atoms with Crippen LogP contribution in [0.5, 0.6) is 0 Å². The molecule has 0 amide bonds. The molecule has 1 unspecified atom stereocenters. The van der Waals surface area contributed by atoms with E-state index in [1.54, 1.807) is 0 Å². The summed E-state index contributed by atoms with van der Waals surface area (Å²) in [7, 11) is 3.75. The van der Waals surface area contributed by atoms with Gasteiger partial charge >= 0.3 is 0 Å². The molecule has 0 saturated heterocycles. The Bertz CT molecular complexity index is 652. The van der Waals surface area contributed by atoms with Gasteiger partial charge in [-0.25, -0.2) is 4.99 Å². The van der Waals surface area contributed by atoms with Crippen molar-refractivity contribution in [3.63, 3.8) is 0 Å². The predicted octanol–water partition coefficient (Wildman–Crippen LogP) is 1.50. The number of halogens is 1. The second kappa shape index (κ2) is 4.17. The molecule has 20 heavy (non-hydrogen) atoms. The zero-order valence-corrected chi connectivity index (χ0v) is 11.7. The molecule has 2 aliphatic rings. The number of nitrogens with one attached hydrogen (secondary N) is 2. The molecule has 0 saturated carbocycles. The normalized spacial score (nSPS) is 24.2. The van der Waals surface area contributed by atoms with Gasteiger partial charge in [0.25, 0.3) is 0 Å². The van der Waals surface area contributed by atoms with Crippen LogP contribution in [-0.2, 0) is 0 Å². The van der Waals surface area contributed by atoms with E-state index in [2.05, 4.69) is 26.6 Å². The Hall–Kier alpha value is -2.15. The number of rotatable bonds is 1. The van der Waals surface area contributed by atoms with E-state index in [4.69, 9.17) is 5.73 Å². The Kier molecular flexibility index (Phi) is 2.68. The molecule has 3 rings (SSSR count). The second-order valence-electron chi connectivity index (χ2n) is 5.74. The summed E-state index contributed by atoms with van der Waals surface area (Å²) in [5.74, 6) is 0.249. The van der Waals surface area contributed by atoms with E-state index in [0.29, 0.717) is 0 Å². The molecular formula is C13H18FN6+. The molecule has 0 spiro atoms. The minimum atomic E-state index is -0.482. The Morgan fingerprint density at radius 2 is 2.20 bits per heavy atom. The summed E-state index contributed by atoms with van der Waals surface area (Å²) >= 11 is 0. The van der Waals surface area contributed by atoms with E-state index in [-0.39, 0.29) is 16.5 Å². The van der Waals surface area contributed by atoms with Gasteiger partial charge < -0.3 is 11.1 Å². The first-order valence-corrected chi connectivity index (χ1v) is 6.43. The first-order valence-electron chi connectivity index (χ1n) is 6.43. The van der Waals surface area contributed by atoms with Crippen molar-refractivity contribution >= 4 is 17.7 Å². The molecule has 2 aliphatic heterocycles. The van der Waals surface area contributed by atoms with Gasteiger partial charge in [-0.2, -0.15) is 9.49 Å². The van der Waals surface area contributed by atoms with Gasteiger partial charge in [0.15, 0.2) is 11.7 Å². The molecule has 0 aliphatic carbocycles. The third kappa shape index (κ3) is 1.90. The summed E-state index contributed by atoms with van der Waals surface area (Å²) in [6, 6.07) is 0. The fraction of sp³-hybridized carbons (Fsp3) is 0.385. The summed E-state index contributed by atoms with van der Waals surface area (Å²) in [5, 5.41) is 10.5. The maximum atomic E-state index is 13.6. The average Bonchev–Trinajstić information content (AvgIpc) is 2.76. The number of nitrogens with zero attached hydrogens (tertiary/aromatic N) is 3. The van der Waals surface area contributed by atoms with Crippen LogP contribution in [0.3, 0.4) is 0 Å². The van der Waals surface area contributed by atoms with Crippen LogP contribution in [0.15, 0.2) is 22.6 Å². The summed E-state index contributed by atoms with van der Waals surface area (Å²) in [6.45, 7) is 2.82. The molecule has 0 radical (unpaired) electrons. The number of quaternary nitrogens is 1. The Labute approximate surface area is 116 Å².